The fourth-order valence-electron chi connectivity index (χ4n) is 3.12. The molecule has 0 amide bonds. The number of alkyl halides is 38. The molecular weight excluding hydrogens is 955 g/mol. The van der Waals surface area contributed by atoms with Crippen molar-refractivity contribution in [2.45, 2.75) is 106 Å². The monoisotopic (exact) mass is 954 g/mol. The van der Waals surface area contributed by atoms with Gasteiger partial charge in [0, 0.05) is 0 Å². The lowest BCUT2D eigenvalue weighted by Gasteiger charge is -2.47. The van der Waals surface area contributed by atoms with Crippen LogP contribution in [0.1, 0.15) is 0 Å². The first kappa shape index (κ1) is 53.7. The summed E-state index contributed by atoms with van der Waals surface area (Å²) in [6, 6.07) is 0. The van der Waals surface area contributed by atoms with E-state index in [9.17, 15) is 162 Å². The standard InChI is InChI=1S/C18ClF37/c19-17(52,53)15(48,49)13(44,45)11(40,41)9(36,37)7(32,33)5(28,29)3(24,25)1(20,21)2(22,23)4(26,27)6(30,31)8(34,35)10(38,39)12(42,43)14(46,47)16(50,51)18(54,55)56. The predicted molar refractivity (Wildman–Crippen MR) is 96.0 cm³/mol. The highest BCUT2D eigenvalue weighted by Crippen LogP contribution is 2.70. The van der Waals surface area contributed by atoms with Crippen molar-refractivity contribution in [1.29, 1.82) is 0 Å². The third kappa shape index (κ3) is 5.85. The molecule has 0 aromatic carbocycles. The lowest BCUT2D eigenvalue weighted by Crippen LogP contribution is -2.80. The van der Waals surface area contributed by atoms with E-state index in [1.807, 2.05) is 0 Å². The van der Waals surface area contributed by atoms with Gasteiger partial charge in [-0.2, -0.15) is 162 Å². The maximum atomic E-state index is 13.8. The smallest absolute Gasteiger partial charge is 0.192 e. The Hall–Kier alpha value is -2.30. The summed E-state index contributed by atoms with van der Waals surface area (Å²) in [6.07, 6.45) is -8.46. The highest BCUT2D eigenvalue weighted by molar-refractivity contribution is 6.22. The molecule has 338 valence electrons. The van der Waals surface area contributed by atoms with Gasteiger partial charge in [0.1, 0.15) is 0 Å². The van der Waals surface area contributed by atoms with Crippen LogP contribution in [0.2, 0.25) is 0 Å². The molecule has 0 radical (unpaired) electrons. The van der Waals surface area contributed by atoms with Crippen LogP contribution in [0.15, 0.2) is 0 Å². The average Bonchev–Trinajstić information content (AvgIpc) is 2.94. The molecule has 0 unspecified atom stereocenters. The highest BCUT2D eigenvalue weighted by atomic mass is 35.5. The lowest BCUT2D eigenvalue weighted by molar-refractivity contribution is -0.493. The Morgan fingerprint density at radius 2 is 0.232 bits per heavy atom. The van der Waals surface area contributed by atoms with E-state index in [1.54, 1.807) is 0 Å². The molecule has 0 aromatic rings. The second-order valence-corrected chi connectivity index (χ2v) is 10.7. The van der Waals surface area contributed by atoms with Crippen LogP contribution in [0, 0.1) is 0 Å². The van der Waals surface area contributed by atoms with Gasteiger partial charge >= 0.3 is 106 Å². The fourth-order valence-corrected chi connectivity index (χ4v) is 3.24. The topological polar surface area (TPSA) is 0 Å². The molecule has 0 aliphatic carbocycles. The summed E-state index contributed by atoms with van der Waals surface area (Å²) in [5.74, 6) is -158. The van der Waals surface area contributed by atoms with Crippen molar-refractivity contribution >= 4 is 11.6 Å². The normalized spacial score (nSPS) is 17.5. The first-order chi connectivity index (χ1) is 23.2. The third-order valence-corrected chi connectivity index (χ3v) is 6.86. The van der Waals surface area contributed by atoms with Crippen LogP contribution in [0.5, 0.6) is 0 Å². The molecule has 0 N–H and O–H groups in total. The molecule has 38 heteroatoms. The minimum atomic E-state index is -10.4. The minimum Gasteiger partial charge on any atom is -0.192 e. The highest BCUT2D eigenvalue weighted by Gasteiger charge is 3.02. The number of hydrogen-bond acceptors (Lipinski definition) is 0. The van der Waals surface area contributed by atoms with Gasteiger partial charge < -0.3 is 0 Å². The van der Waals surface area contributed by atoms with Gasteiger partial charge in [0.15, 0.2) is 0 Å². The molecular formula is C18ClF37. The second-order valence-electron chi connectivity index (χ2n) is 10.2. The van der Waals surface area contributed by atoms with E-state index < -0.39 is 106 Å². The van der Waals surface area contributed by atoms with Crippen LogP contribution in [-0.2, 0) is 0 Å². The Bertz CT molecular complexity index is 1330. The van der Waals surface area contributed by atoms with Crippen LogP contribution in [0.4, 0.5) is 162 Å². The Morgan fingerprint density at radius 1 is 0.143 bits per heavy atom. The molecule has 0 fully saturated rings. The SMILES string of the molecule is FC(F)(F)C(F)(F)C(F)(F)C(F)(F)C(F)(F)C(F)(F)C(F)(F)C(F)(F)C(F)(F)C(F)(F)C(F)(F)C(F)(F)C(F)(F)C(F)(F)C(F)(F)C(F)(F)C(F)(F)C(F)(F)Cl. The van der Waals surface area contributed by atoms with Crippen molar-refractivity contribution in [3.8, 4) is 0 Å². The first-order valence-electron chi connectivity index (χ1n) is 11.4. The van der Waals surface area contributed by atoms with E-state index in [2.05, 4.69) is 11.6 Å². The van der Waals surface area contributed by atoms with Crippen molar-refractivity contribution in [3.05, 3.63) is 0 Å². The van der Waals surface area contributed by atoms with Crippen LogP contribution in [-0.4, -0.2) is 106 Å². The maximum absolute atomic E-state index is 13.8. The molecule has 0 aromatic heterocycles. The predicted octanol–water partition coefficient (Wildman–Crippen LogP) is 12.5. The summed E-state index contributed by atoms with van der Waals surface area (Å²) in [7, 11) is 0. The molecule has 0 saturated carbocycles. The van der Waals surface area contributed by atoms with Gasteiger partial charge in [-0.25, -0.2) is 0 Å². The van der Waals surface area contributed by atoms with Gasteiger partial charge in [-0.15, -0.1) is 0 Å². The Kier molecular flexibility index (Phi) is 12.1. The molecule has 0 aliphatic rings. The lowest BCUT2D eigenvalue weighted by atomic mass is 9.82. The van der Waals surface area contributed by atoms with E-state index in [1.165, 1.54) is 0 Å². The van der Waals surface area contributed by atoms with Gasteiger partial charge in [-0.05, 0) is 11.6 Å². The fraction of sp³-hybridized carbons (Fsp3) is 1.00. The molecule has 56 heavy (non-hydrogen) atoms. The summed E-state index contributed by atoms with van der Waals surface area (Å²) < 4.78 is 494. The van der Waals surface area contributed by atoms with E-state index >= 15 is 0 Å². The summed E-state index contributed by atoms with van der Waals surface area (Å²) in [4.78, 5) is 0. The zero-order chi connectivity index (χ0) is 47.0. The zero-order valence-corrected chi connectivity index (χ0v) is 24.1. The van der Waals surface area contributed by atoms with E-state index in [0.29, 0.717) is 0 Å². The van der Waals surface area contributed by atoms with Crippen LogP contribution in [0.3, 0.4) is 0 Å². The minimum absolute atomic E-state index is 3.11. The van der Waals surface area contributed by atoms with E-state index in [0.717, 1.165) is 0 Å². The zero-order valence-electron chi connectivity index (χ0n) is 23.4. The Labute approximate surface area is 281 Å². The molecule has 0 bridgehead atoms. The van der Waals surface area contributed by atoms with Gasteiger partial charge in [0.25, 0.3) is 0 Å². The molecule has 0 saturated heterocycles. The largest absolute Gasteiger partial charge is 0.460 e. The van der Waals surface area contributed by atoms with Gasteiger partial charge in [-0.3, -0.25) is 0 Å². The van der Waals surface area contributed by atoms with Crippen molar-refractivity contribution in [3.63, 3.8) is 0 Å². The van der Waals surface area contributed by atoms with E-state index in [-0.39, 0.29) is 0 Å². The first-order valence-corrected chi connectivity index (χ1v) is 11.8. The van der Waals surface area contributed by atoms with Crippen LogP contribution >= 0.6 is 11.6 Å². The molecule has 0 aliphatic heterocycles. The molecule has 0 atom stereocenters. The number of hydrogen-bond donors (Lipinski definition) is 0. The van der Waals surface area contributed by atoms with Crippen molar-refractivity contribution in [2.75, 3.05) is 0 Å². The van der Waals surface area contributed by atoms with Crippen LogP contribution in [0.25, 0.3) is 0 Å². The Morgan fingerprint density at radius 3 is 0.321 bits per heavy atom. The average molecular weight is 955 g/mol. The third-order valence-electron chi connectivity index (χ3n) is 6.63. The molecule has 0 spiro atoms. The molecule has 0 heterocycles. The van der Waals surface area contributed by atoms with Crippen LogP contribution < -0.4 is 0 Å². The molecule has 0 nitrogen and oxygen atoms in total. The van der Waals surface area contributed by atoms with Crippen molar-refractivity contribution in [2.24, 2.45) is 0 Å². The van der Waals surface area contributed by atoms with Gasteiger partial charge in [-0.1, -0.05) is 0 Å². The van der Waals surface area contributed by atoms with Gasteiger partial charge in [0.2, 0.25) is 0 Å². The summed E-state index contributed by atoms with van der Waals surface area (Å²) >= 11 is 3.11. The maximum Gasteiger partial charge on any atom is 0.460 e. The summed E-state index contributed by atoms with van der Waals surface area (Å²) in [6.45, 7) is 0. The van der Waals surface area contributed by atoms with Gasteiger partial charge in [0.05, 0.1) is 0 Å². The van der Waals surface area contributed by atoms with Crippen molar-refractivity contribution < 1.29 is 162 Å². The quantitative estimate of drug-likeness (QED) is 0.107. The summed E-state index contributed by atoms with van der Waals surface area (Å²) in [5.41, 5.74) is 0. The van der Waals surface area contributed by atoms with Crippen molar-refractivity contribution in [1.82, 2.24) is 0 Å². The second kappa shape index (κ2) is 12.6. The number of rotatable bonds is 16. The van der Waals surface area contributed by atoms with E-state index in [4.69, 9.17) is 0 Å². The Balaban J connectivity index is 7.85. The number of halogens is 38. The summed E-state index contributed by atoms with van der Waals surface area (Å²) in [5, 5.41) is -7.50. The molecule has 0 rings (SSSR count).